The van der Waals surface area contributed by atoms with Crippen LogP contribution in [0.1, 0.15) is 52.0 Å². The lowest BCUT2D eigenvalue weighted by Gasteiger charge is -2.60. The van der Waals surface area contributed by atoms with Crippen molar-refractivity contribution in [2.45, 2.75) is 75.8 Å². The van der Waals surface area contributed by atoms with Crippen molar-refractivity contribution in [1.29, 1.82) is 0 Å². The van der Waals surface area contributed by atoms with Crippen molar-refractivity contribution in [1.82, 2.24) is 4.90 Å². The van der Waals surface area contributed by atoms with Gasteiger partial charge in [-0.1, -0.05) is 37.3 Å². The lowest BCUT2D eigenvalue weighted by molar-refractivity contribution is -0.205. The van der Waals surface area contributed by atoms with E-state index in [2.05, 4.69) is 11.8 Å². The second kappa shape index (κ2) is 5.63. The average molecular weight is 343 g/mol. The molecule has 1 aromatic carbocycles. The highest BCUT2D eigenvalue weighted by atomic mass is 16.3. The number of piperidine rings is 2. The summed E-state index contributed by atoms with van der Waals surface area (Å²) in [5.41, 5.74) is -1.15. The van der Waals surface area contributed by atoms with Crippen molar-refractivity contribution in [2.75, 3.05) is 0 Å². The molecule has 0 aliphatic carbocycles. The molecule has 7 atom stereocenters. The number of hydrogen-bond acceptors (Lipinski definition) is 4. The molecule has 0 spiro atoms. The van der Waals surface area contributed by atoms with Crippen LogP contribution in [0.15, 0.2) is 30.3 Å². The molecule has 3 fully saturated rings. The molecule has 25 heavy (non-hydrogen) atoms. The predicted octanol–water partition coefficient (Wildman–Crippen LogP) is 2.48. The summed E-state index contributed by atoms with van der Waals surface area (Å²) in [7, 11) is 0. The molecule has 0 bridgehead atoms. The van der Waals surface area contributed by atoms with Crippen LogP contribution in [0.2, 0.25) is 0 Å². The van der Waals surface area contributed by atoms with Crippen LogP contribution >= 0.6 is 0 Å². The summed E-state index contributed by atoms with van der Waals surface area (Å²) in [5.74, 6) is -0.178. The van der Waals surface area contributed by atoms with Gasteiger partial charge in [-0.25, -0.2) is 0 Å². The van der Waals surface area contributed by atoms with Crippen LogP contribution in [0.5, 0.6) is 0 Å². The molecule has 1 aromatic rings. The van der Waals surface area contributed by atoms with Gasteiger partial charge < -0.3 is 10.2 Å². The number of benzene rings is 1. The van der Waals surface area contributed by atoms with Crippen LogP contribution in [0.4, 0.5) is 0 Å². The third-order valence-corrected chi connectivity index (χ3v) is 7.18. The van der Waals surface area contributed by atoms with Gasteiger partial charge in [0.05, 0.1) is 11.5 Å². The Bertz CT molecular complexity index is 673. The zero-order chi connectivity index (χ0) is 18.0. The molecule has 0 unspecified atom stereocenters. The first-order valence-corrected chi connectivity index (χ1v) is 9.55. The van der Waals surface area contributed by atoms with Crippen molar-refractivity contribution < 1.29 is 15.0 Å². The number of nitrogens with zero attached hydrogens (tertiary/aromatic N) is 1. The molecule has 4 heteroatoms. The molecule has 0 radical (unpaired) electrons. The molecule has 136 valence electrons. The van der Waals surface area contributed by atoms with E-state index in [1.54, 1.807) is 13.8 Å². The molecule has 4 rings (SSSR count). The Labute approximate surface area is 149 Å². The summed E-state index contributed by atoms with van der Waals surface area (Å²) in [6.07, 6.45) is 3.35. The lowest BCUT2D eigenvalue weighted by atomic mass is 9.62. The van der Waals surface area contributed by atoms with Crippen molar-refractivity contribution in [3.63, 3.8) is 0 Å². The van der Waals surface area contributed by atoms with E-state index in [9.17, 15) is 15.0 Å². The van der Waals surface area contributed by atoms with Gasteiger partial charge in [0, 0.05) is 18.1 Å². The van der Waals surface area contributed by atoms with Crippen LogP contribution < -0.4 is 0 Å². The molecule has 2 N–H and O–H groups in total. The summed E-state index contributed by atoms with van der Waals surface area (Å²) < 4.78 is 0. The van der Waals surface area contributed by atoms with Gasteiger partial charge in [0.1, 0.15) is 11.4 Å². The first-order valence-electron chi connectivity index (χ1n) is 9.55. The maximum absolute atomic E-state index is 12.3. The monoisotopic (exact) mass is 343 g/mol. The average Bonchev–Trinajstić information content (AvgIpc) is 2.95. The maximum atomic E-state index is 12.3. The quantitative estimate of drug-likeness (QED) is 0.866. The minimum atomic E-state index is -1.08. The minimum Gasteiger partial charge on any atom is -0.389 e. The molecule has 3 saturated heterocycles. The van der Waals surface area contributed by atoms with Crippen molar-refractivity contribution in [3.8, 4) is 0 Å². The molecule has 4 nitrogen and oxygen atoms in total. The Balaban J connectivity index is 1.82. The van der Waals surface area contributed by atoms with Crippen LogP contribution in [0, 0.1) is 11.8 Å². The SMILES string of the molecule is CC(=O)[C@H]1[C@@H]2CC[C@H]3C[C@@H](C)[C@](O)(c4ccccc4)[C@@H](C[C@@]1(C)O)N32. The van der Waals surface area contributed by atoms with Crippen LogP contribution in [-0.2, 0) is 10.4 Å². The highest BCUT2D eigenvalue weighted by molar-refractivity contribution is 5.80. The highest BCUT2D eigenvalue weighted by Gasteiger charge is 2.63. The first kappa shape index (κ1) is 17.2. The van der Waals surface area contributed by atoms with E-state index in [4.69, 9.17) is 0 Å². The number of ketones is 1. The predicted molar refractivity (Wildman–Crippen MR) is 96.0 cm³/mol. The van der Waals surface area contributed by atoms with Crippen LogP contribution in [0.25, 0.3) is 0 Å². The van der Waals surface area contributed by atoms with E-state index in [1.807, 2.05) is 30.3 Å². The topological polar surface area (TPSA) is 60.8 Å². The minimum absolute atomic E-state index is 0.0407. The third kappa shape index (κ3) is 2.34. The number of hydrogen-bond donors (Lipinski definition) is 2. The fraction of sp³-hybridized carbons (Fsp3) is 0.667. The van der Waals surface area contributed by atoms with E-state index in [0.717, 1.165) is 24.8 Å². The van der Waals surface area contributed by atoms with Gasteiger partial charge >= 0.3 is 0 Å². The Morgan fingerprint density at radius 2 is 1.88 bits per heavy atom. The Morgan fingerprint density at radius 3 is 2.52 bits per heavy atom. The first-order chi connectivity index (χ1) is 11.8. The highest BCUT2D eigenvalue weighted by Crippen LogP contribution is 2.55. The van der Waals surface area contributed by atoms with Gasteiger partial charge in [-0.05, 0) is 51.0 Å². The number of carbonyl (C=O) groups is 1. The number of carbonyl (C=O) groups excluding carboxylic acids is 1. The van der Waals surface area contributed by atoms with Gasteiger partial charge in [-0.3, -0.25) is 9.69 Å². The van der Waals surface area contributed by atoms with Crippen molar-refractivity contribution in [2.24, 2.45) is 11.8 Å². The van der Waals surface area contributed by atoms with Gasteiger partial charge in [0.25, 0.3) is 0 Å². The van der Waals surface area contributed by atoms with Crippen molar-refractivity contribution >= 4 is 5.78 Å². The number of aliphatic hydroxyl groups is 2. The molecule has 3 heterocycles. The largest absolute Gasteiger partial charge is 0.389 e. The second-order valence-corrected chi connectivity index (χ2v) is 8.74. The van der Waals surface area contributed by atoms with E-state index in [1.165, 1.54) is 0 Å². The van der Waals surface area contributed by atoms with Gasteiger partial charge in [-0.15, -0.1) is 0 Å². The third-order valence-electron chi connectivity index (χ3n) is 7.18. The maximum Gasteiger partial charge on any atom is 0.137 e. The standard InChI is InChI=1S/C21H29NO3/c1-13-11-16-9-10-17-19(14(2)23)20(3,24)12-18(22(16)17)21(13,25)15-7-5-4-6-8-15/h4-8,13,16-19,24-25H,9-12H2,1-3H3/t13-,16+,17+,18-,19+,20-,21+/m1/s1. The summed E-state index contributed by atoms with van der Waals surface area (Å²) in [5, 5.41) is 23.1. The molecule has 3 aliphatic heterocycles. The van der Waals surface area contributed by atoms with E-state index in [-0.39, 0.29) is 29.7 Å². The molecule has 3 aliphatic rings. The fourth-order valence-corrected chi connectivity index (χ4v) is 6.22. The number of Topliss-reactive ketones (excluding diaryl/α,β-unsaturated/α-hetero) is 1. The van der Waals surface area contributed by atoms with E-state index < -0.39 is 11.2 Å². The Morgan fingerprint density at radius 1 is 1.20 bits per heavy atom. The summed E-state index contributed by atoms with van der Waals surface area (Å²) in [6.45, 7) is 5.51. The van der Waals surface area contributed by atoms with Crippen LogP contribution in [0.3, 0.4) is 0 Å². The lowest BCUT2D eigenvalue weighted by Crippen LogP contribution is -2.70. The smallest absolute Gasteiger partial charge is 0.137 e. The Kier molecular flexibility index (Phi) is 3.87. The summed E-state index contributed by atoms with van der Waals surface area (Å²) >= 11 is 0. The zero-order valence-corrected chi connectivity index (χ0v) is 15.4. The normalized spacial score (nSPS) is 46.7. The van der Waals surface area contributed by atoms with Gasteiger partial charge in [-0.2, -0.15) is 0 Å². The Hall–Kier alpha value is -1.23. The summed E-state index contributed by atoms with van der Waals surface area (Å²) in [6, 6.07) is 10.2. The zero-order valence-electron chi connectivity index (χ0n) is 15.4. The fourth-order valence-electron chi connectivity index (χ4n) is 6.22. The molecule has 0 aromatic heterocycles. The molecular formula is C21H29NO3. The van der Waals surface area contributed by atoms with Gasteiger partial charge in [0.2, 0.25) is 0 Å². The van der Waals surface area contributed by atoms with Gasteiger partial charge in [0.15, 0.2) is 0 Å². The summed E-state index contributed by atoms with van der Waals surface area (Å²) in [4.78, 5) is 14.7. The second-order valence-electron chi connectivity index (χ2n) is 8.74. The molecule has 0 amide bonds. The van der Waals surface area contributed by atoms with Crippen molar-refractivity contribution in [3.05, 3.63) is 35.9 Å². The molecular weight excluding hydrogens is 314 g/mol. The molecule has 0 saturated carbocycles. The van der Waals surface area contributed by atoms with E-state index in [0.29, 0.717) is 12.5 Å². The number of rotatable bonds is 2. The van der Waals surface area contributed by atoms with Crippen LogP contribution in [-0.4, -0.2) is 44.6 Å². The van der Waals surface area contributed by atoms with E-state index >= 15 is 0 Å².